The van der Waals surface area contributed by atoms with Gasteiger partial charge in [-0.25, -0.2) is 9.97 Å². The second kappa shape index (κ2) is 5.89. The van der Waals surface area contributed by atoms with Gasteiger partial charge in [0.2, 0.25) is 0 Å². The van der Waals surface area contributed by atoms with Gasteiger partial charge in [-0.2, -0.15) is 12.6 Å². The third-order valence-electron chi connectivity index (χ3n) is 1.96. The molecule has 5 nitrogen and oxygen atoms in total. The van der Waals surface area contributed by atoms with Gasteiger partial charge in [-0.1, -0.05) is 0 Å². The molecule has 0 radical (unpaired) electrons. The fraction of sp³-hybridized carbons (Fsp3) is 0.556. The van der Waals surface area contributed by atoms with Crippen LogP contribution in [0.5, 0.6) is 6.01 Å². The zero-order valence-electron chi connectivity index (χ0n) is 8.37. The number of aromatic nitrogens is 2. The van der Waals surface area contributed by atoms with Crippen molar-refractivity contribution < 1.29 is 14.9 Å². The SMILES string of the molecule is COc1ncc(C(O)C(O)CCS)cn1. The minimum absolute atomic E-state index is 0.231. The lowest BCUT2D eigenvalue weighted by Crippen LogP contribution is -2.19. The fourth-order valence-corrected chi connectivity index (χ4v) is 1.36. The van der Waals surface area contributed by atoms with Crippen LogP contribution in [0, 0.1) is 0 Å². The topological polar surface area (TPSA) is 75.5 Å². The van der Waals surface area contributed by atoms with E-state index in [2.05, 4.69) is 22.6 Å². The van der Waals surface area contributed by atoms with Crippen LogP contribution in [0.4, 0.5) is 0 Å². The number of aliphatic hydroxyl groups excluding tert-OH is 2. The van der Waals surface area contributed by atoms with Crippen LogP contribution >= 0.6 is 12.6 Å². The Balaban J connectivity index is 2.69. The van der Waals surface area contributed by atoms with E-state index in [0.717, 1.165) is 0 Å². The molecule has 0 saturated carbocycles. The van der Waals surface area contributed by atoms with E-state index in [0.29, 0.717) is 17.7 Å². The van der Waals surface area contributed by atoms with Crippen molar-refractivity contribution in [1.82, 2.24) is 9.97 Å². The zero-order valence-corrected chi connectivity index (χ0v) is 9.26. The molecule has 1 rings (SSSR count). The average Bonchev–Trinajstić information content (AvgIpc) is 2.28. The fourth-order valence-electron chi connectivity index (χ4n) is 1.10. The molecule has 0 saturated heterocycles. The van der Waals surface area contributed by atoms with Crippen molar-refractivity contribution in [2.45, 2.75) is 18.6 Å². The van der Waals surface area contributed by atoms with Gasteiger partial charge in [0.05, 0.1) is 13.2 Å². The normalized spacial score (nSPS) is 14.7. The van der Waals surface area contributed by atoms with E-state index in [1.807, 2.05) is 0 Å². The monoisotopic (exact) mass is 230 g/mol. The van der Waals surface area contributed by atoms with Crippen molar-refractivity contribution >= 4 is 12.6 Å². The first-order chi connectivity index (χ1) is 7.19. The molecule has 2 unspecified atom stereocenters. The highest BCUT2D eigenvalue weighted by Gasteiger charge is 2.18. The molecule has 1 aromatic rings. The second-order valence-electron chi connectivity index (χ2n) is 3.03. The number of hydrogen-bond donors (Lipinski definition) is 3. The Morgan fingerprint density at radius 3 is 2.47 bits per heavy atom. The lowest BCUT2D eigenvalue weighted by atomic mass is 10.1. The van der Waals surface area contributed by atoms with Gasteiger partial charge in [-0.3, -0.25) is 0 Å². The highest BCUT2D eigenvalue weighted by Crippen LogP contribution is 2.18. The molecule has 0 aliphatic carbocycles. The summed E-state index contributed by atoms with van der Waals surface area (Å²) in [5.74, 6) is 0.509. The van der Waals surface area contributed by atoms with E-state index in [4.69, 9.17) is 4.74 Å². The summed E-state index contributed by atoms with van der Waals surface area (Å²) >= 11 is 3.98. The summed E-state index contributed by atoms with van der Waals surface area (Å²) < 4.78 is 4.78. The maximum atomic E-state index is 9.68. The lowest BCUT2D eigenvalue weighted by Gasteiger charge is -2.16. The predicted molar refractivity (Wildman–Crippen MR) is 58.0 cm³/mol. The molecule has 0 fully saturated rings. The summed E-state index contributed by atoms with van der Waals surface area (Å²) in [7, 11) is 1.46. The molecule has 2 N–H and O–H groups in total. The minimum Gasteiger partial charge on any atom is -0.467 e. The number of ether oxygens (including phenoxy) is 1. The number of aliphatic hydroxyl groups is 2. The highest BCUT2D eigenvalue weighted by atomic mass is 32.1. The summed E-state index contributed by atoms with van der Waals surface area (Å²) in [5.41, 5.74) is 0.463. The maximum Gasteiger partial charge on any atom is 0.316 e. The smallest absolute Gasteiger partial charge is 0.316 e. The molecule has 0 amide bonds. The Morgan fingerprint density at radius 2 is 2.00 bits per heavy atom. The van der Waals surface area contributed by atoms with E-state index in [1.165, 1.54) is 19.5 Å². The molecule has 0 aliphatic heterocycles. The Morgan fingerprint density at radius 1 is 1.40 bits per heavy atom. The van der Waals surface area contributed by atoms with Crippen LogP contribution < -0.4 is 4.74 Å². The molecular formula is C9H14N2O3S. The first-order valence-electron chi connectivity index (χ1n) is 4.52. The quantitative estimate of drug-likeness (QED) is 0.630. The molecule has 15 heavy (non-hydrogen) atoms. The van der Waals surface area contributed by atoms with Crippen molar-refractivity contribution in [2.75, 3.05) is 12.9 Å². The van der Waals surface area contributed by atoms with Gasteiger partial charge in [0.15, 0.2) is 0 Å². The van der Waals surface area contributed by atoms with Crippen molar-refractivity contribution in [2.24, 2.45) is 0 Å². The van der Waals surface area contributed by atoms with E-state index in [-0.39, 0.29) is 6.01 Å². The number of rotatable bonds is 5. The van der Waals surface area contributed by atoms with Crippen molar-refractivity contribution in [1.29, 1.82) is 0 Å². The Kier molecular flexibility index (Phi) is 4.80. The number of nitrogens with zero attached hydrogens (tertiary/aromatic N) is 2. The summed E-state index contributed by atoms with van der Waals surface area (Å²) in [4.78, 5) is 7.67. The van der Waals surface area contributed by atoms with E-state index < -0.39 is 12.2 Å². The molecule has 6 heteroatoms. The van der Waals surface area contributed by atoms with Crippen LogP contribution in [0.25, 0.3) is 0 Å². The molecule has 0 aliphatic rings. The minimum atomic E-state index is -0.983. The molecule has 1 aromatic heterocycles. The molecule has 84 valence electrons. The van der Waals surface area contributed by atoms with Crippen LogP contribution in [-0.4, -0.2) is 39.1 Å². The summed E-state index contributed by atoms with van der Waals surface area (Å²) in [6.07, 6.45) is 1.44. The highest BCUT2D eigenvalue weighted by molar-refractivity contribution is 7.80. The van der Waals surface area contributed by atoms with Gasteiger partial charge in [0.25, 0.3) is 0 Å². The number of methoxy groups -OCH3 is 1. The van der Waals surface area contributed by atoms with Crippen molar-refractivity contribution in [3.8, 4) is 6.01 Å². The van der Waals surface area contributed by atoms with Crippen LogP contribution in [0.15, 0.2) is 12.4 Å². The van der Waals surface area contributed by atoms with Gasteiger partial charge in [0.1, 0.15) is 6.10 Å². The molecular weight excluding hydrogens is 216 g/mol. The Hall–Kier alpha value is -0.850. The lowest BCUT2D eigenvalue weighted by molar-refractivity contribution is 0.0167. The molecule has 2 atom stereocenters. The van der Waals surface area contributed by atoms with Gasteiger partial charge in [-0.15, -0.1) is 0 Å². The van der Waals surface area contributed by atoms with Gasteiger partial charge in [0, 0.05) is 18.0 Å². The third-order valence-corrected chi connectivity index (χ3v) is 2.22. The zero-order chi connectivity index (χ0) is 11.3. The maximum absolute atomic E-state index is 9.68. The second-order valence-corrected chi connectivity index (χ2v) is 3.47. The van der Waals surface area contributed by atoms with Crippen LogP contribution in [0.2, 0.25) is 0 Å². The third kappa shape index (κ3) is 3.33. The first kappa shape index (κ1) is 12.2. The molecule has 0 spiro atoms. The Bertz CT molecular complexity index is 294. The average molecular weight is 230 g/mol. The van der Waals surface area contributed by atoms with E-state index >= 15 is 0 Å². The molecule has 0 aromatic carbocycles. The summed E-state index contributed by atoms with van der Waals surface area (Å²) in [6, 6.07) is 0.231. The van der Waals surface area contributed by atoms with Gasteiger partial charge in [-0.05, 0) is 12.2 Å². The number of thiol groups is 1. The summed E-state index contributed by atoms with van der Waals surface area (Å²) in [6.45, 7) is 0. The standard InChI is InChI=1S/C9H14N2O3S/c1-14-9-10-4-6(5-11-9)8(13)7(12)2-3-15/h4-5,7-8,12-13,15H,2-3H2,1H3. The molecule has 1 heterocycles. The first-order valence-corrected chi connectivity index (χ1v) is 5.15. The molecule has 0 bridgehead atoms. The van der Waals surface area contributed by atoms with Crippen LogP contribution in [-0.2, 0) is 0 Å². The van der Waals surface area contributed by atoms with Gasteiger partial charge < -0.3 is 14.9 Å². The van der Waals surface area contributed by atoms with E-state index in [1.54, 1.807) is 0 Å². The largest absolute Gasteiger partial charge is 0.467 e. The predicted octanol–water partition coefficient (Wildman–Crippen LogP) is 0.199. The van der Waals surface area contributed by atoms with Crippen LogP contribution in [0.1, 0.15) is 18.1 Å². The Labute approximate surface area is 93.6 Å². The van der Waals surface area contributed by atoms with Crippen molar-refractivity contribution in [3.05, 3.63) is 18.0 Å². The van der Waals surface area contributed by atoms with Crippen LogP contribution in [0.3, 0.4) is 0 Å². The van der Waals surface area contributed by atoms with Gasteiger partial charge >= 0.3 is 6.01 Å². The van der Waals surface area contributed by atoms with E-state index in [9.17, 15) is 10.2 Å². The number of hydrogen-bond acceptors (Lipinski definition) is 6. The summed E-state index contributed by atoms with van der Waals surface area (Å²) in [5, 5.41) is 19.2. The van der Waals surface area contributed by atoms with Crippen molar-refractivity contribution in [3.63, 3.8) is 0 Å².